The van der Waals surface area contributed by atoms with E-state index in [2.05, 4.69) is 5.32 Å². The summed E-state index contributed by atoms with van der Waals surface area (Å²) in [6, 6.07) is 4.65. The van der Waals surface area contributed by atoms with Crippen molar-refractivity contribution >= 4 is 29.1 Å². The van der Waals surface area contributed by atoms with Gasteiger partial charge in [-0.05, 0) is 25.0 Å². The van der Waals surface area contributed by atoms with Crippen molar-refractivity contribution < 1.29 is 14.6 Å². The molecule has 4 nitrogen and oxygen atoms in total. The monoisotopic (exact) mass is 317 g/mol. The minimum absolute atomic E-state index is 0.110. The molecule has 0 bridgehead atoms. The van der Waals surface area contributed by atoms with Crippen molar-refractivity contribution in [1.29, 1.82) is 0 Å². The van der Waals surface area contributed by atoms with Crippen molar-refractivity contribution in [1.82, 2.24) is 5.32 Å². The quantitative estimate of drug-likeness (QED) is 0.897. The minimum Gasteiger partial charge on any atom is -0.484 e. The molecule has 1 amide bonds. The maximum Gasteiger partial charge on any atom is 0.258 e. The van der Waals surface area contributed by atoms with E-state index >= 15 is 0 Å². The van der Waals surface area contributed by atoms with Crippen LogP contribution in [0.5, 0.6) is 5.75 Å². The smallest absolute Gasteiger partial charge is 0.258 e. The molecular weight excluding hydrogens is 301 g/mol. The summed E-state index contributed by atoms with van der Waals surface area (Å²) in [4.78, 5) is 11.8. The summed E-state index contributed by atoms with van der Waals surface area (Å²) in [7, 11) is 0. The van der Waals surface area contributed by atoms with Gasteiger partial charge in [0.25, 0.3) is 5.91 Å². The van der Waals surface area contributed by atoms with Gasteiger partial charge in [0.1, 0.15) is 5.75 Å². The summed E-state index contributed by atoms with van der Waals surface area (Å²) >= 11 is 11.7. The number of aliphatic hydroxyl groups excluding tert-OH is 1. The number of benzene rings is 1. The van der Waals surface area contributed by atoms with E-state index < -0.39 is 6.10 Å². The number of amides is 1. The van der Waals surface area contributed by atoms with E-state index in [-0.39, 0.29) is 18.6 Å². The highest BCUT2D eigenvalue weighted by atomic mass is 35.5. The number of carbonyl (C=O) groups excluding carboxylic acids is 1. The molecule has 2 N–H and O–H groups in total. The summed E-state index contributed by atoms with van der Waals surface area (Å²) in [5, 5.41) is 13.4. The first-order valence-electron chi connectivity index (χ1n) is 6.61. The second-order valence-corrected chi connectivity index (χ2v) is 5.70. The predicted molar refractivity (Wildman–Crippen MR) is 78.4 cm³/mol. The highest BCUT2D eigenvalue weighted by molar-refractivity contribution is 6.42. The fourth-order valence-corrected chi connectivity index (χ4v) is 2.53. The highest BCUT2D eigenvalue weighted by Gasteiger charge is 2.24. The zero-order valence-electron chi connectivity index (χ0n) is 10.9. The standard InChI is InChI=1S/C14H17Cl2NO3/c15-10-6-5-9(7-11(10)16)20-8-14(19)17-12-3-1-2-4-13(12)18/h5-7,12-13,18H,1-4,8H2,(H,17,19). The Hall–Kier alpha value is -0.970. The van der Waals surface area contributed by atoms with Gasteiger partial charge in [-0.15, -0.1) is 0 Å². The van der Waals surface area contributed by atoms with Crippen LogP contribution in [0.1, 0.15) is 25.7 Å². The van der Waals surface area contributed by atoms with Gasteiger partial charge in [0.15, 0.2) is 6.61 Å². The van der Waals surface area contributed by atoms with Crippen LogP contribution in [0.2, 0.25) is 10.0 Å². The van der Waals surface area contributed by atoms with Crippen LogP contribution in [0, 0.1) is 0 Å². The summed E-state index contributed by atoms with van der Waals surface area (Å²) in [6.45, 7) is -0.110. The average molecular weight is 318 g/mol. The molecule has 1 aliphatic carbocycles. The fourth-order valence-electron chi connectivity index (χ4n) is 2.24. The van der Waals surface area contributed by atoms with Crippen molar-refractivity contribution in [3.8, 4) is 5.75 Å². The lowest BCUT2D eigenvalue weighted by Crippen LogP contribution is -2.46. The second-order valence-electron chi connectivity index (χ2n) is 4.89. The number of hydrogen-bond acceptors (Lipinski definition) is 3. The maximum atomic E-state index is 11.8. The number of aliphatic hydroxyl groups is 1. The Morgan fingerprint density at radius 3 is 2.75 bits per heavy atom. The zero-order chi connectivity index (χ0) is 14.5. The molecule has 2 unspecified atom stereocenters. The highest BCUT2D eigenvalue weighted by Crippen LogP contribution is 2.26. The number of hydrogen-bond donors (Lipinski definition) is 2. The lowest BCUT2D eigenvalue weighted by molar-refractivity contribution is -0.125. The van der Waals surface area contributed by atoms with Gasteiger partial charge in [-0.1, -0.05) is 36.0 Å². The Morgan fingerprint density at radius 1 is 1.30 bits per heavy atom. The molecule has 0 radical (unpaired) electrons. The molecule has 1 fully saturated rings. The SMILES string of the molecule is O=C(COc1ccc(Cl)c(Cl)c1)NC1CCCCC1O. The second kappa shape index (κ2) is 7.16. The fraction of sp³-hybridized carbons (Fsp3) is 0.500. The summed E-state index contributed by atoms with van der Waals surface area (Å²) in [5.41, 5.74) is 0. The molecule has 20 heavy (non-hydrogen) atoms. The molecule has 2 atom stereocenters. The molecule has 0 aromatic heterocycles. The Morgan fingerprint density at radius 2 is 2.05 bits per heavy atom. The molecule has 0 aliphatic heterocycles. The van der Waals surface area contributed by atoms with Crippen molar-refractivity contribution in [2.75, 3.05) is 6.61 Å². The lowest BCUT2D eigenvalue weighted by atomic mass is 9.92. The van der Waals surface area contributed by atoms with Crippen LogP contribution in [0.4, 0.5) is 0 Å². The first-order chi connectivity index (χ1) is 9.56. The van der Waals surface area contributed by atoms with Crippen molar-refractivity contribution in [2.24, 2.45) is 0 Å². The van der Waals surface area contributed by atoms with E-state index in [9.17, 15) is 9.90 Å². The van der Waals surface area contributed by atoms with Gasteiger partial charge >= 0.3 is 0 Å². The molecule has 0 spiro atoms. The Balaban J connectivity index is 1.81. The maximum absolute atomic E-state index is 11.8. The summed E-state index contributed by atoms with van der Waals surface area (Å²) in [5.74, 6) is 0.237. The Labute approximate surface area is 128 Å². The zero-order valence-corrected chi connectivity index (χ0v) is 12.5. The molecule has 1 saturated carbocycles. The van der Waals surface area contributed by atoms with Gasteiger partial charge in [0.05, 0.1) is 22.2 Å². The van der Waals surface area contributed by atoms with Gasteiger partial charge in [0.2, 0.25) is 0 Å². The number of rotatable bonds is 4. The van der Waals surface area contributed by atoms with Crippen LogP contribution < -0.4 is 10.1 Å². The van der Waals surface area contributed by atoms with E-state index in [4.69, 9.17) is 27.9 Å². The molecule has 0 saturated heterocycles. The third kappa shape index (κ3) is 4.27. The third-order valence-corrected chi connectivity index (χ3v) is 4.08. The van der Waals surface area contributed by atoms with Gasteiger partial charge in [-0.25, -0.2) is 0 Å². The van der Waals surface area contributed by atoms with Crippen LogP contribution in [-0.4, -0.2) is 29.8 Å². The molecule has 2 rings (SSSR count). The van der Waals surface area contributed by atoms with Crippen LogP contribution in [0.25, 0.3) is 0 Å². The van der Waals surface area contributed by atoms with Crippen molar-refractivity contribution in [3.05, 3.63) is 28.2 Å². The number of carbonyl (C=O) groups is 1. The van der Waals surface area contributed by atoms with Crippen molar-refractivity contribution in [3.63, 3.8) is 0 Å². The largest absolute Gasteiger partial charge is 0.484 e. The van der Waals surface area contributed by atoms with E-state index in [0.29, 0.717) is 15.8 Å². The van der Waals surface area contributed by atoms with E-state index in [1.807, 2.05) is 0 Å². The number of ether oxygens (including phenoxy) is 1. The number of halogens is 2. The van der Waals surface area contributed by atoms with E-state index in [1.165, 1.54) is 0 Å². The molecular formula is C14H17Cl2NO3. The van der Waals surface area contributed by atoms with Crippen LogP contribution in [0.15, 0.2) is 18.2 Å². The summed E-state index contributed by atoms with van der Waals surface area (Å²) < 4.78 is 5.34. The average Bonchev–Trinajstić information content (AvgIpc) is 2.43. The van der Waals surface area contributed by atoms with Crippen LogP contribution >= 0.6 is 23.2 Å². The van der Waals surface area contributed by atoms with Gasteiger partial charge in [0, 0.05) is 6.07 Å². The van der Waals surface area contributed by atoms with E-state index in [0.717, 1.165) is 25.7 Å². The topological polar surface area (TPSA) is 58.6 Å². The normalized spacial score (nSPS) is 22.4. The van der Waals surface area contributed by atoms with Crippen LogP contribution in [0.3, 0.4) is 0 Å². The van der Waals surface area contributed by atoms with Crippen LogP contribution in [-0.2, 0) is 4.79 Å². The molecule has 110 valence electrons. The first-order valence-corrected chi connectivity index (χ1v) is 7.37. The molecule has 1 aliphatic rings. The Kier molecular flexibility index (Phi) is 5.52. The lowest BCUT2D eigenvalue weighted by Gasteiger charge is -2.28. The molecule has 6 heteroatoms. The van der Waals surface area contributed by atoms with Gasteiger partial charge in [-0.3, -0.25) is 4.79 Å². The summed E-state index contributed by atoms with van der Waals surface area (Å²) in [6.07, 6.45) is 3.11. The molecule has 1 aromatic carbocycles. The van der Waals surface area contributed by atoms with Crippen molar-refractivity contribution in [2.45, 2.75) is 37.8 Å². The third-order valence-electron chi connectivity index (χ3n) is 3.34. The Bertz CT molecular complexity index is 481. The van der Waals surface area contributed by atoms with E-state index in [1.54, 1.807) is 18.2 Å². The van der Waals surface area contributed by atoms with Gasteiger partial charge in [-0.2, -0.15) is 0 Å². The molecule has 1 aromatic rings. The predicted octanol–water partition coefficient (Wildman–Crippen LogP) is 2.79. The van der Waals surface area contributed by atoms with Gasteiger partial charge < -0.3 is 15.2 Å². The molecule has 0 heterocycles. The first kappa shape index (κ1) is 15.4. The minimum atomic E-state index is -0.460. The number of nitrogens with one attached hydrogen (secondary N) is 1.